The summed E-state index contributed by atoms with van der Waals surface area (Å²) in [6.45, 7) is 4.46. The number of nitrogens with zero attached hydrogens (tertiary/aromatic N) is 4. The number of rotatable bonds is 6. The molecule has 174 valence electrons. The minimum Gasteiger partial charge on any atom is -0.369 e. The van der Waals surface area contributed by atoms with Crippen molar-refractivity contribution in [3.8, 4) is 0 Å². The average Bonchev–Trinajstić information content (AvgIpc) is 3.49. The molecule has 1 saturated heterocycles. The zero-order valence-corrected chi connectivity index (χ0v) is 19.8. The minimum absolute atomic E-state index is 0.0263. The Morgan fingerprint density at radius 2 is 1.76 bits per heavy atom. The van der Waals surface area contributed by atoms with Crippen molar-refractivity contribution in [2.45, 2.75) is 38.9 Å². The second kappa shape index (κ2) is 9.59. The van der Waals surface area contributed by atoms with Gasteiger partial charge in [-0.1, -0.05) is 54.6 Å². The van der Waals surface area contributed by atoms with Crippen LogP contribution in [-0.2, 0) is 13.1 Å². The zero-order valence-electron chi connectivity index (χ0n) is 19.8. The summed E-state index contributed by atoms with van der Waals surface area (Å²) < 4.78 is 2.24. The highest BCUT2D eigenvalue weighted by Crippen LogP contribution is 2.35. The van der Waals surface area contributed by atoms with Crippen LogP contribution in [0.5, 0.6) is 0 Å². The number of hydrogen-bond donors (Lipinski definition) is 1. The van der Waals surface area contributed by atoms with Gasteiger partial charge in [0.2, 0.25) is 0 Å². The first kappa shape index (κ1) is 22.0. The van der Waals surface area contributed by atoms with Gasteiger partial charge in [0, 0.05) is 26.7 Å². The van der Waals surface area contributed by atoms with Crippen molar-refractivity contribution in [3.05, 3.63) is 90.3 Å². The van der Waals surface area contributed by atoms with Crippen molar-refractivity contribution in [1.82, 2.24) is 14.5 Å². The van der Waals surface area contributed by atoms with Crippen LogP contribution in [0.15, 0.2) is 78.9 Å². The lowest BCUT2D eigenvalue weighted by atomic mass is 10.2. The Morgan fingerprint density at radius 3 is 2.59 bits per heavy atom. The van der Waals surface area contributed by atoms with E-state index in [1.807, 2.05) is 59.5 Å². The van der Waals surface area contributed by atoms with E-state index in [0.717, 1.165) is 60.7 Å². The molecule has 5 rings (SSSR count). The van der Waals surface area contributed by atoms with E-state index in [1.165, 1.54) is 5.56 Å². The molecule has 2 heterocycles. The van der Waals surface area contributed by atoms with Crippen LogP contribution in [0.3, 0.4) is 0 Å². The molecule has 34 heavy (non-hydrogen) atoms. The first-order chi connectivity index (χ1) is 16.7. The molecule has 4 aromatic rings. The number of benzene rings is 3. The number of urea groups is 1. The third-order valence-corrected chi connectivity index (χ3v) is 6.63. The highest BCUT2D eigenvalue weighted by atomic mass is 16.2. The molecule has 3 aromatic carbocycles. The van der Waals surface area contributed by atoms with Gasteiger partial charge in [0.15, 0.2) is 0 Å². The summed E-state index contributed by atoms with van der Waals surface area (Å²) in [5, 5.41) is 3.20. The number of carbonyl (C=O) groups excluding carboxylic acids is 1. The van der Waals surface area contributed by atoms with E-state index in [2.05, 4.69) is 53.0 Å². The largest absolute Gasteiger partial charge is 0.369 e. The van der Waals surface area contributed by atoms with Gasteiger partial charge in [-0.2, -0.15) is 0 Å². The van der Waals surface area contributed by atoms with Crippen molar-refractivity contribution in [2.24, 2.45) is 0 Å². The standard InChI is InChI=1S/C28H31N5O/c1-3-32-25-17-10-8-15-23(25)29-27(32)26-18-11-19-33(26)28(34)30-22-14-7-9-16-24(22)31(2)20-21-12-5-4-6-13-21/h4-10,12-17,26H,3,11,18-20H2,1-2H3,(H,30,34). The van der Waals surface area contributed by atoms with Crippen molar-refractivity contribution in [2.75, 3.05) is 23.8 Å². The SMILES string of the molecule is CCn1c(C2CCCN2C(=O)Nc2ccccc2N(C)Cc2ccccc2)nc2ccccc21. The maximum atomic E-state index is 13.5. The Bertz CT molecular complexity index is 1280. The lowest BCUT2D eigenvalue weighted by molar-refractivity contribution is 0.204. The number of imidazole rings is 1. The van der Waals surface area contributed by atoms with Gasteiger partial charge in [-0.3, -0.25) is 0 Å². The van der Waals surface area contributed by atoms with Crippen LogP contribution in [0, 0.1) is 0 Å². The topological polar surface area (TPSA) is 53.4 Å². The number of likely N-dealkylation sites (tertiary alicyclic amines) is 1. The van der Waals surface area contributed by atoms with E-state index in [1.54, 1.807) is 0 Å². The van der Waals surface area contributed by atoms with Crippen LogP contribution in [-0.4, -0.2) is 34.1 Å². The number of hydrogen-bond acceptors (Lipinski definition) is 3. The first-order valence-corrected chi connectivity index (χ1v) is 12.0. The summed E-state index contributed by atoms with van der Waals surface area (Å²) in [6.07, 6.45) is 1.90. The molecule has 0 radical (unpaired) electrons. The highest BCUT2D eigenvalue weighted by molar-refractivity contribution is 5.93. The third kappa shape index (κ3) is 4.23. The Balaban J connectivity index is 1.38. The summed E-state index contributed by atoms with van der Waals surface area (Å²) in [4.78, 5) is 22.6. The molecule has 6 nitrogen and oxygen atoms in total. The van der Waals surface area contributed by atoms with Crippen molar-refractivity contribution < 1.29 is 4.79 Å². The third-order valence-electron chi connectivity index (χ3n) is 6.63. The molecule has 1 aliphatic heterocycles. The first-order valence-electron chi connectivity index (χ1n) is 12.0. The number of aromatic nitrogens is 2. The predicted octanol–water partition coefficient (Wildman–Crippen LogP) is 6.06. The van der Waals surface area contributed by atoms with Gasteiger partial charge >= 0.3 is 6.03 Å². The van der Waals surface area contributed by atoms with Gasteiger partial charge in [-0.25, -0.2) is 9.78 Å². The summed E-state index contributed by atoms with van der Waals surface area (Å²) in [6, 6.07) is 26.5. The van der Waals surface area contributed by atoms with Crippen LogP contribution in [0.25, 0.3) is 11.0 Å². The molecule has 1 aromatic heterocycles. The maximum absolute atomic E-state index is 13.5. The molecule has 1 N–H and O–H groups in total. The molecule has 1 unspecified atom stereocenters. The quantitative estimate of drug-likeness (QED) is 0.386. The Hall–Kier alpha value is -3.80. The van der Waals surface area contributed by atoms with E-state index >= 15 is 0 Å². The molecule has 6 heteroatoms. The van der Waals surface area contributed by atoms with Crippen molar-refractivity contribution in [1.29, 1.82) is 0 Å². The molecule has 0 aliphatic carbocycles. The van der Waals surface area contributed by atoms with Gasteiger partial charge in [-0.05, 0) is 49.6 Å². The summed E-state index contributed by atoms with van der Waals surface area (Å²) in [7, 11) is 2.06. The van der Waals surface area contributed by atoms with Gasteiger partial charge in [-0.15, -0.1) is 0 Å². The second-order valence-electron chi connectivity index (χ2n) is 8.84. The number of aryl methyl sites for hydroxylation is 1. The summed E-state index contributed by atoms with van der Waals surface area (Å²) >= 11 is 0. The average molecular weight is 454 g/mol. The van der Waals surface area contributed by atoms with E-state index in [9.17, 15) is 4.79 Å². The number of nitrogens with one attached hydrogen (secondary N) is 1. The number of carbonyl (C=O) groups is 1. The minimum atomic E-state index is -0.0715. The van der Waals surface area contributed by atoms with E-state index in [4.69, 9.17) is 4.98 Å². The van der Waals surface area contributed by atoms with Crippen LogP contribution < -0.4 is 10.2 Å². The Kier molecular flexibility index (Phi) is 6.21. The van der Waals surface area contributed by atoms with Crippen molar-refractivity contribution in [3.63, 3.8) is 0 Å². The van der Waals surface area contributed by atoms with Gasteiger partial charge in [0.25, 0.3) is 0 Å². The summed E-state index contributed by atoms with van der Waals surface area (Å²) in [5.41, 5.74) is 5.15. The molecule has 0 bridgehead atoms. The van der Waals surface area contributed by atoms with Crippen molar-refractivity contribution >= 4 is 28.4 Å². The molecule has 2 amide bonds. The molecular formula is C28H31N5O. The molecule has 0 spiro atoms. The fraction of sp³-hybridized carbons (Fsp3) is 0.286. The van der Waals surface area contributed by atoms with Gasteiger partial charge < -0.3 is 19.7 Å². The summed E-state index contributed by atoms with van der Waals surface area (Å²) in [5.74, 6) is 0.978. The van der Waals surface area contributed by atoms with Crippen LogP contribution >= 0.6 is 0 Å². The zero-order chi connectivity index (χ0) is 23.5. The van der Waals surface area contributed by atoms with Crippen LogP contribution in [0.1, 0.15) is 37.2 Å². The second-order valence-corrected chi connectivity index (χ2v) is 8.84. The maximum Gasteiger partial charge on any atom is 0.322 e. The lowest BCUT2D eigenvalue weighted by Crippen LogP contribution is -2.36. The smallest absolute Gasteiger partial charge is 0.322 e. The van der Waals surface area contributed by atoms with E-state index in [0.29, 0.717) is 0 Å². The fourth-order valence-corrected chi connectivity index (χ4v) is 5.00. The normalized spacial score (nSPS) is 15.6. The van der Waals surface area contributed by atoms with E-state index < -0.39 is 0 Å². The number of anilines is 2. The molecule has 1 atom stereocenters. The van der Waals surface area contributed by atoms with Crippen LogP contribution in [0.2, 0.25) is 0 Å². The lowest BCUT2D eigenvalue weighted by Gasteiger charge is -2.27. The van der Waals surface area contributed by atoms with E-state index in [-0.39, 0.29) is 12.1 Å². The Labute approximate surface area is 200 Å². The molecule has 1 aliphatic rings. The fourth-order valence-electron chi connectivity index (χ4n) is 5.00. The van der Waals surface area contributed by atoms with Gasteiger partial charge in [0.05, 0.1) is 28.5 Å². The number of para-hydroxylation sites is 4. The molecule has 0 saturated carbocycles. The number of amides is 2. The molecule has 1 fully saturated rings. The predicted molar refractivity (Wildman–Crippen MR) is 138 cm³/mol. The number of fused-ring (bicyclic) bond motifs is 1. The molecular weight excluding hydrogens is 422 g/mol. The monoisotopic (exact) mass is 453 g/mol. The van der Waals surface area contributed by atoms with Gasteiger partial charge in [0.1, 0.15) is 5.82 Å². The highest BCUT2D eigenvalue weighted by Gasteiger charge is 2.34. The van der Waals surface area contributed by atoms with Crippen LogP contribution in [0.4, 0.5) is 16.2 Å². The Morgan fingerprint density at radius 1 is 1.03 bits per heavy atom.